The van der Waals surface area contributed by atoms with Gasteiger partial charge in [0.15, 0.2) is 11.5 Å². The number of ether oxygens (including phenoxy) is 1. The van der Waals surface area contributed by atoms with Crippen molar-refractivity contribution in [2.24, 2.45) is 0 Å². The Bertz CT molecular complexity index is 398. The van der Waals surface area contributed by atoms with Crippen molar-refractivity contribution >= 4 is 0 Å². The van der Waals surface area contributed by atoms with Crippen LogP contribution in [0.3, 0.4) is 0 Å². The molecule has 2 rings (SSSR count). The Labute approximate surface area is 109 Å². The molecule has 0 radical (unpaired) electrons. The first kappa shape index (κ1) is 13.2. The van der Waals surface area contributed by atoms with Crippen molar-refractivity contribution in [2.75, 3.05) is 13.7 Å². The topological polar surface area (TPSA) is 41.5 Å². The lowest BCUT2D eigenvalue weighted by Crippen LogP contribution is -2.35. The van der Waals surface area contributed by atoms with E-state index in [4.69, 9.17) is 4.74 Å². The van der Waals surface area contributed by atoms with Gasteiger partial charge in [0.2, 0.25) is 0 Å². The fourth-order valence-corrected chi connectivity index (χ4v) is 2.61. The number of phenolic OH excluding ortho intramolecular Hbond substituents is 1. The molecule has 0 aromatic heterocycles. The third kappa shape index (κ3) is 2.96. The highest BCUT2D eigenvalue weighted by Crippen LogP contribution is 2.33. The van der Waals surface area contributed by atoms with Crippen molar-refractivity contribution in [2.45, 2.75) is 45.1 Å². The van der Waals surface area contributed by atoms with Crippen LogP contribution in [0, 0.1) is 0 Å². The molecule has 0 spiro atoms. The van der Waals surface area contributed by atoms with E-state index in [2.05, 4.69) is 18.3 Å². The maximum absolute atomic E-state index is 10.2. The van der Waals surface area contributed by atoms with Crippen LogP contribution in [-0.4, -0.2) is 24.8 Å². The van der Waals surface area contributed by atoms with E-state index in [0.29, 0.717) is 17.5 Å². The summed E-state index contributed by atoms with van der Waals surface area (Å²) >= 11 is 0. The van der Waals surface area contributed by atoms with Gasteiger partial charge >= 0.3 is 0 Å². The number of aryl methyl sites for hydroxylation is 1. The van der Waals surface area contributed by atoms with Gasteiger partial charge in [0.1, 0.15) is 0 Å². The maximum Gasteiger partial charge on any atom is 0.161 e. The molecule has 100 valence electrons. The SMILES string of the molecule is CCc1cc(CC2CCCCN2)c(O)c(OC)c1. The van der Waals surface area contributed by atoms with Gasteiger partial charge in [-0.1, -0.05) is 19.4 Å². The second kappa shape index (κ2) is 6.10. The summed E-state index contributed by atoms with van der Waals surface area (Å²) < 4.78 is 5.25. The molecular weight excluding hydrogens is 226 g/mol. The smallest absolute Gasteiger partial charge is 0.161 e. The molecule has 1 heterocycles. The van der Waals surface area contributed by atoms with Gasteiger partial charge in [-0.3, -0.25) is 0 Å². The van der Waals surface area contributed by atoms with Crippen LogP contribution < -0.4 is 10.1 Å². The molecule has 1 aliphatic rings. The number of hydrogen-bond acceptors (Lipinski definition) is 3. The van der Waals surface area contributed by atoms with Crippen LogP contribution in [0.5, 0.6) is 11.5 Å². The van der Waals surface area contributed by atoms with Gasteiger partial charge in [-0.15, -0.1) is 0 Å². The van der Waals surface area contributed by atoms with E-state index >= 15 is 0 Å². The third-order valence-electron chi connectivity index (χ3n) is 3.72. The summed E-state index contributed by atoms with van der Waals surface area (Å²) in [6.45, 7) is 3.21. The molecule has 1 aromatic rings. The van der Waals surface area contributed by atoms with E-state index in [9.17, 15) is 5.11 Å². The summed E-state index contributed by atoms with van der Waals surface area (Å²) in [5, 5.41) is 13.7. The molecule has 18 heavy (non-hydrogen) atoms. The molecule has 3 nitrogen and oxygen atoms in total. The van der Waals surface area contributed by atoms with Gasteiger partial charge in [-0.25, -0.2) is 0 Å². The molecule has 2 N–H and O–H groups in total. The third-order valence-corrected chi connectivity index (χ3v) is 3.72. The van der Waals surface area contributed by atoms with Crippen molar-refractivity contribution < 1.29 is 9.84 Å². The first-order valence-corrected chi connectivity index (χ1v) is 6.86. The summed E-state index contributed by atoms with van der Waals surface area (Å²) in [7, 11) is 1.61. The Morgan fingerprint density at radius 3 is 2.83 bits per heavy atom. The monoisotopic (exact) mass is 249 g/mol. The Morgan fingerprint density at radius 1 is 1.39 bits per heavy atom. The van der Waals surface area contributed by atoms with Crippen LogP contribution in [0.15, 0.2) is 12.1 Å². The van der Waals surface area contributed by atoms with E-state index in [-0.39, 0.29) is 0 Å². The van der Waals surface area contributed by atoms with E-state index in [1.165, 1.54) is 24.8 Å². The molecule has 1 saturated heterocycles. The molecule has 0 saturated carbocycles. The minimum Gasteiger partial charge on any atom is -0.504 e. The summed E-state index contributed by atoms with van der Waals surface area (Å²) in [5.41, 5.74) is 2.22. The minimum absolute atomic E-state index is 0.307. The van der Waals surface area contributed by atoms with Crippen LogP contribution in [0.25, 0.3) is 0 Å². The normalized spacial score (nSPS) is 19.8. The van der Waals surface area contributed by atoms with Crippen molar-refractivity contribution in [3.63, 3.8) is 0 Å². The lowest BCUT2D eigenvalue weighted by Gasteiger charge is -2.24. The number of aromatic hydroxyl groups is 1. The highest BCUT2D eigenvalue weighted by molar-refractivity contribution is 5.48. The number of hydrogen-bond donors (Lipinski definition) is 2. The first-order valence-electron chi connectivity index (χ1n) is 6.86. The van der Waals surface area contributed by atoms with Gasteiger partial charge in [-0.05, 0) is 49.4 Å². The second-order valence-electron chi connectivity index (χ2n) is 5.01. The first-order chi connectivity index (χ1) is 8.74. The highest BCUT2D eigenvalue weighted by Gasteiger charge is 2.17. The lowest BCUT2D eigenvalue weighted by atomic mass is 9.95. The summed E-state index contributed by atoms with van der Waals surface area (Å²) in [6.07, 6.45) is 5.58. The van der Waals surface area contributed by atoms with Gasteiger partial charge < -0.3 is 15.2 Å². The molecule has 1 unspecified atom stereocenters. The molecule has 1 atom stereocenters. The zero-order valence-electron chi connectivity index (χ0n) is 11.3. The van der Waals surface area contributed by atoms with E-state index < -0.39 is 0 Å². The largest absolute Gasteiger partial charge is 0.504 e. The molecule has 1 aliphatic heterocycles. The number of rotatable bonds is 4. The van der Waals surface area contributed by atoms with Crippen LogP contribution in [-0.2, 0) is 12.8 Å². The maximum atomic E-state index is 10.2. The zero-order valence-corrected chi connectivity index (χ0v) is 11.3. The molecule has 1 fully saturated rings. The Balaban J connectivity index is 2.19. The summed E-state index contributed by atoms with van der Waals surface area (Å²) in [6, 6.07) is 4.52. The van der Waals surface area contributed by atoms with Crippen LogP contribution in [0.2, 0.25) is 0 Å². The number of benzene rings is 1. The highest BCUT2D eigenvalue weighted by atomic mass is 16.5. The molecular formula is C15H23NO2. The van der Waals surface area contributed by atoms with Gasteiger partial charge in [0, 0.05) is 6.04 Å². The minimum atomic E-state index is 0.307. The molecule has 0 bridgehead atoms. The number of methoxy groups -OCH3 is 1. The quantitative estimate of drug-likeness (QED) is 0.862. The predicted octanol–water partition coefficient (Wildman–Crippen LogP) is 2.65. The van der Waals surface area contributed by atoms with Crippen molar-refractivity contribution in [1.82, 2.24) is 5.32 Å². The number of phenols is 1. The van der Waals surface area contributed by atoms with Crippen LogP contribution in [0.4, 0.5) is 0 Å². The average Bonchev–Trinajstić information content (AvgIpc) is 2.42. The zero-order chi connectivity index (χ0) is 13.0. The van der Waals surface area contributed by atoms with E-state index in [1.54, 1.807) is 7.11 Å². The molecule has 3 heteroatoms. The van der Waals surface area contributed by atoms with E-state index in [0.717, 1.165) is 24.9 Å². The number of nitrogens with one attached hydrogen (secondary N) is 1. The van der Waals surface area contributed by atoms with Crippen molar-refractivity contribution in [3.05, 3.63) is 23.3 Å². The van der Waals surface area contributed by atoms with Gasteiger partial charge in [-0.2, -0.15) is 0 Å². The van der Waals surface area contributed by atoms with E-state index in [1.807, 2.05) is 6.07 Å². The number of piperidine rings is 1. The van der Waals surface area contributed by atoms with Gasteiger partial charge in [0.25, 0.3) is 0 Å². The van der Waals surface area contributed by atoms with Crippen molar-refractivity contribution in [1.29, 1.82) is 0 Å². The fraction of sp³-hybridized carbons (Fsp3) is 0.600. The predicted molar refractivity (Wildman–Crippen MR) is 73.4 cm³/mol. The summed E-state index contributed by atoms with van der Waals surface area (Å²) in [4.78, 5) is 0. The van der Waals surface area contributed by atoms with Crippen LogP contribution >= 0.6 is 0 Å². The van der Waals surface area contributed by atoms with Gasteiger partial charge in [0.05, 0.1) is 7.11 Å². The van der Waals surface area contributed by atoms with Crippen molar-refractivity contribution in [3.8, 4) is 11.5 Å². The lowest BCUT2D eigenvalue weighted by molar-refractivity contribution is 0.362. The Hall–Kier alpha value is -1.22. The second-order valence-corrected chi connectivity index (χ2v) is 5.01. The average molecular weight is 249 g/mol. The fourth-order valence-electron chi connectivity index (χ4n) is 2.61. The molecule has 0 aliphatic carbocycles. The Kier molecular flexibility index (Phi) is 4.48. The standard InChI is InChI=1S/C15H23NO2/c1-3-11-8-12(15(17)14(9-11)18-2)10-13-6-4-5-7-16-13/h8-9,13,16-17H,3-7,10H2,1-2H3. The van der Waals surface area contributed by atoms with Crippen LogP contribution in [0.1, 0.15) is 37.3 Å². The summed E-state index contributed by atoms with van der Waals surface area (Å²) in [5.74, 6) is 0.905. The molecule has 1 aromatic carbocycles. The molecule has 0 amide bonds. The Morgan fingerprint density at radius 2 is 2.22 bits per heavy atom.